The maximum atomic E-state index is 12.6. The third kappa shape index (κ3) is 4.31. The van der Waals surface area contributed by atoms with Crippen LogP contribution in [0.3, 0.4) is 0 Å². The van der Waals surface area contributed by atoms with Gasteiger partial charge in [0, 0.05) is 23.6 Å². The van der Waals surface area contributed by atoms with Crippen molar-refractivity contribution in [2.45, 2.75) is 39.5 Å². The Morgan fingerprint density at radius 2 is 1.80 bits per heavy atom. The van der Waals surface area contributed by atoms with Crippen molar-refractivity contribution >= 4 is 5.91 Å². The van der Waals surface area contributed by atoms with Gasteiger partial charge in [0.2, 0.25) is 0 Å². The molecule has 0 radical (unpaired) electrons. The van der Waals surface area contributed by atoms with Crippen LogP contribution >= 0.6 is 0 Å². The van der Waals surface area contributed by atoms with Gasteiger partial charge >= 0.3 is 0 Å². The maximum Gasteiger partial charge on any atom is 0.253 e. The normalized spacial score (nSPS) is 15.3. The Kier molecular flexibility index (Phi) is 5.92. The van der Waals surface area contributed by atoms with Gasteiger partial charge in [-0.15, -0.1) is 0 Å². The third-order valence-corrected chi connectivity index (χ3v) is 5.08. The van der Waals surface area contributed by atoms with Gasteiger partial charge in [-0.1, -0.05) is 24.6 Å². The number of piperidine rings is 1. The van der Waals surface area contributed by atoms with Crippen LogP contribution in [0.1, 0.15) is 47.4 Å². The number of rotatable bonds is 6. The molecule has 1 aliphatic rings. The van der Waals surface area contributed by atoms with Gasteiger partial charge in [-0.25, -0.2) is 0 Å². The number of nitrogens with zero attached hydrogens (tertiary/aromatic N) is 2. The molecule has 0 saturated carbocycles. The SMILES string of the molecule is Cc1cc(C(=O)NCCCN2CCCCC2)c(C)n1-c1ccccc1. The number of hydrogen-bond donors (Lipinski definition) is 1. The molecule has 1 aromatic carbocycles. The minimum absolute atomic E-state index is 0.0360. The number of nitrogens with one attached hydrogen (secondary N) is 1. The van der Waals surface area contributed by atoms with Crippen molar-refractivity contribution in [1.29, 1.82) is 0 Å². The average molecular weight is 339 g/mol. The van der Waals surface area contributed by atoms with Crippen LogP contribution in [0, 0.1) is 13.8 Å². The van der Waals surface area contributed by atoms with Gasteiger partial charge in [-0.05, 0) is 70.9 Å². The van der Waals surface area contributed by atoms with Crippen molar-refractivity contribution in [3.05, 3.63) is 53.3 Å². The van der Waals surface area contributed by atoms with E-state index in [4.69, 9.17) is 0 Å². The summed E-state index contributed by atoms with van der Waals surface area (Å²) in [6, 6.07) is 12.2. The summed E-state index contributed by atoms with van der Waals surface area (Å²) in [6.07, 6.45) is 5.02. The summed E-state index contributed by atoms with van der Waals surface area (Å²) in [5.74, 6) is 0.0360. The number of benzene rings is 1. The van der Waals surface area contributed by atoms with E-state index in [9.17, 15) is 4.79 Å². The number of amides is 1. The molecule has 0 atom stereocenters. The summed E-state index contributed by atoms with van der Waals surface area (Å²) in [4.78, 5) is 15.1. The van der Waals surface area contributed by atoms with Crippen LogP contribution in [0.5, 0.6) is 0 Å². The number of para-hydroxylation sites is 1. The van der Waals surface area contributed by atoms with E-state index >= 15 is 0 Å². The van der Waals surface area contributed by atoms with Crippen molar-refractivity contribution in [3.63, 3.8) is 0 Å². The second-order valence-electron chi connectivity index (χ2n) is 6.97. The molecule has 1 aromatic heterocycles. The molecule has 0 aliphatic carbocycles. The lowest BCUT2D eigenvalue weighted by atomic mass is 10.1. The topological polar surface area (TPSA) is 37.3 Å². The van der Waals surface area contributed by atoms with E-state index in [1.807, 2.05) is 38.1 Å². The Morgan fingerprint density at radius 3 is 2.52 bits per heavy atom. The monoisotopic (exact) mass is 339 g/mol. The number of hydrogen-bond acceptors (Lipinski definition) is 2. The summed E-state index contributed by atoms with van der Waals surface area (Å²) in [5.41, 5.74) is 3.96. The summed E-state index contributed by atoms with van der Waals surface area (Å²) in [7, 11) is 0. The number of aryl methyl sites for hydroxylation is 1. The standard InChI is InChI=1S/C21H29N3O/c1-17-16-20(18(2)24(17)19-10-5-3-6-11-19)21(25)22-12-9-15-23-13-7-4-8-14-23/h3,5-6,10-11,16H,4,7-9,12-15H2,1-2H3,(H,22,25). The van der Waals surface area contributed by atoms with Crippen LogP contribution in [0.25, 0.3) is 5.69 Å². The van der Waals surface area contributed by atoms with E-state index < -0.39 is 0 Å². The highest BCUT2D eigenvalue weighted by Gasteiger charge is 2.16. The highest BCUT2D eigenvalue weighted by Crippen LogP contribution is 2.20. The molecule has 1 fully saturated rings. The third-order valence-electron chi connectivity index (χ3n) is 5.08. The zero-order valence-electron chi connectivity index (χ0n) is 15.4. The fourth-order valence-corrected chi connectivity index (χ4v) is 3.75. The van der Waals surface area contributed by atoms with Gasteiger partial charge in [0.25, 0.3) is 5.91 Å². The Morgan fingerprint density at radius 1 is 1.08 bits per heavy atom. The van der Waals surface area contributed by atoms with Crippen LogP contribution in [-0.2, 0) is 0 Å². The quantitative estimate of drug-likeness (QED) is 0.815. The molecular formula is C21H29N3O. The first-order valence-corrected chi connectivity index (χ1v) is 9.42. The molecule has 4 nitrogen and oxygen atoms in total. The highest BCUT2D eigenvalue weighted by molar-refractivity contribution is 5.95. The van der Waals surface area contributed by atoms with Gasteiger partial charge in [0.1, 0.15) is 0 Å². The minimum atomic E-state index is 0.0360. The van der Waals surface area contributed by atoms with Gasteiger partial charge in [-0.2, -0.15) is 0 Å². The van der Waals surface area contributed by atoms with Crippen molar-refractivity contribution < 1.29 is 4.79 Å². The molecule has 1 saturated heterocycles. The molecule has 3 rings (SSSR count). The van der Waals surface area contributed by atoms with Gasteiger partial charge in [0.05, 0.1) is 5.56 Å². The molecule has 0 bridgehead atoms. The van der Waals surface area contributed by atoms with E-state index in [1.165, 1.54) is 32.4 Å². The van der Waals surface area contributed by atoms with Crippen molar-refractivity contribution in [3.8, 4) is 5.69 Å². The van der Waals surface area contributed by atoms with Gasteiger partial charge < -0.3 is 14.8 Å². The van der Waals surface area contributed by atoms with E-state index in [0.29, 0.717) is 0 Å². The predicted molar refractivity (Wildman–Crippen MR) is 102 cm³/mol. The van der Waals surface area contributed by atoms with Crippen molar-refractivity contribution in [1.82, 2.24) is 14.8 Å². The number of likely N-dealkylation sites (tertiary alicyclic amines) is 1. The molecule has 2 heterocycles. The molecule has 134 valence electrons. The molecule has 0 spiro atoms. The Hall–Kier alpha value is -2.07. The fourth-order valence-electron chi connectivity index (χ4n) is 3.75. The Labute approximate surface area is 150 Å². The first-order valence-electron chi connectivity index (χ1n) is 9.42. The van der Waals surface area contributed by atoms with Crippen molar-refractivity contribution in [2.24, 2.45) is 0 Å². The van der Waals surface area contributed by atoms with E-state index in [2.05, 4.69) is 26.9 Å². The van der Waals surface area contributed by atoms with E-state index in [-0.39, 0.29) is 5.91 Å². The zero-order chi connectivity index (χ0) is 17.6. The fraction of sp³-hybridized carbons (Fsp3) is 0.476. The lowest BCUT2D eigenvalue weighted by Gasteiger charge is -2.26. The molecule has 4 heteroatoms. The van der Waals surface area contributed by atoms with Crippen LogP contribution in [0.2, 0.25) is 0 Å². The van der Waals surface area contributed by atoms with Crippen molar-refractivity contribution in [2.75, 3.05) is 26.2 Å². The van der Waals surface area contributed by atoms with E-state index in [1.54, 1.807) is 0 Å². The molecular weight excluding hydrogens is 310 g/mol. The number of carbonyl (C=O) groups excluding carboxylic acids is 1. The van der Waals surface area contributed by atoms with Gasteiger partial charge in [0.15, 0.2) is 0 Å². The molecule has 2 aromatic rings. The summed E-state index contributed by atoms with van der Waals surface area (Å²) in [5, 5.41) is 3.09. The smallest absolute Gasteiger partial charge is 0.253 e. The first kappa shape index (κ1) is 17.7. The molecule has 25 heavy (non-hydrogen) atoms. The molecule has 1 aliphatic heterocycles. The van der Waals surface area contributed by atoms with Crippen LogP contribution < -0.4 is 5.32 Å². The van der Waals surface area contributed by atoms with Crippen LogP contribution in [-0.4, -0.2) is 41.6 Å². The molecule has 1 N–H and O–H groups in total. The van der Waals surface area contributed by atoms with Crippen LogP contribution in [0.4, 0.5) is 0 Å². The van der Waals surface area contributed by atoms with E-state index in [0.717, 1.165) is 42.1 Å². The Bertz CT molecular complexity index is 699. The van der Waals surface area contributed by atoms with Gasteiger partial charge in [-0.3, -0.25) is 4.79 Å². The largest absolute Gasteiger partial charge is 0.352 e. The first-order chi connectivity index (χ1) is 12.2. The molecule has 0 unspecified atom stereocenters. The second-order valence-corrected chi connectivity index (χ2v) is 6.97. The number of carbonyl (C=O) groups is 1. The summed E-state index contributed by atoms with van der Waals surface area (Å²) < 4.78 is 2.14. The Balaban J connectivity index is 1.57. The van der Waals surface area contributed by atoms with Crippen LogP contribution in [0.15, 0.2) is 36.4 Å². The second kappa shape index (κ2) is 8.34. The minimum Gasteiger partial charge on any atom is -0.352 e. The highest BCUT2D eigenvalue weighted by atomic mass is 16.1. The summed E-state index contributed by atoms with van der Waals surface area (Å²) >= 11 is 0. The molecule has 1 amide bonds. The number of aromatic nitrogens is 1. The zero-order valence-corrected chi connectivity index (χ0v) is 15.4. The predicted octanol–water partition coefficient (Wildman–Crippen LogP) is 3.70. The lowest BCUT2D eigenvalue weighted by Crippen LogP contribution is -2.33. The summed E-state index contributed by atoms with van der Waals surface area (Å²) in [6.45, 7) is 8.32. The average Bonchev–Trinajstić information content (AvgIpc) is 2.94. The lowest BCUT2D eigenvalue weighted by molar-refractivity contribution is 0.0950. The maximum absolute atomic E-state index is 12.6.